The molecule has 0 radical (unpaired) electrons. The Morgan fingerprint density at radius 2 is 2.12 bits per heavy atom. The van der Waals surface area contributed by atoms with Crippen molar-refractivity contribution in [1.29, 1.82) is 0 Å². The minimum atomic E-state index is 0.203. The van der Waals surface area contributed by atoms with Crippen molar-refractivity contribution >= 4 is 5.91 Å². The van der Waals surface area contributed by atoms with Gasteiger partial charge >= 0.3 is 0 Å². The van der Waals surface area contributed by atoms with Crippen LogP contribution >= 0.6 is 0 Å². The molecule has 16 heavy (non-hydrogen) atoms. The van der Waals surface area contributed by atoms with Crippen LogP contribution in [0.3, 0.4) is 0 Å². The Hall–Kier alpha value is -0.610. The summed E-state index contributed by atoms with van der Waals surface area (Å²) in [5.74, 6) is 0.550. The van der Waals surface area contributed by atoms with E-state index in [0.29, 0.717) is 11.9 Å². The Morgan fingerprint density at radius 1 is 1.38 bits per heavy atom. The molecule has 1 unspecified atom stereocenters. The second-order valence-corrected chi connectivity index (χ2v) is 4.66. The van der Waals surface area contributed by atoms with E-state index in [4.69, 9.17) is 4.74 Å². The van der Waals surface area contributed by atoms with Crippen molar-refractivity contribution in [3.05, 3.63) is 0 Å². The van der Waals surface area contributed by atoms with Gasteiger partial charge < -0.3 is 15.0 Å². The van der Waals surface area contributed by atoms with E-state index in [2.05, 4.69) is 17.1 Å². The Balaban J connectivity index is 1.93. The van der Waals surface area contributed by atoms with Crippen molar-refractivity contribution in [3.8, 4) is 0 Å². The van der Waals surface area contributed by atoms with Gasteiger partial charge in [0, 0.05) is 38.3 Å². The predicted molar refractivity (Wildman–Crippen MR) is 62.2 cm³/mol. The molecule has 92 valence electrons. The average Bonchev–Trinajstić information content (AvgIpc) is 2.85. The summed E-state index contributed by atoms with van der Waals surface area (Å²) < 4.78 is 5.31. The minimum Gasteiger partial charge on any atom is -0.381 e. The highest BCUT2D eigenvalue weighted by atomic mass is 16.5. The zero-order chi connectivity index (χ0) is 11.4. The molecule has 0 bridgehead atoms. The molecule has 0 aromatic heterocycles. The number of ether oxygens (including phenoxy) is 1. The van der Waals surface area contributed by atoms with Crippen molar-refractivity contribution in [1.82, 2.24) is 10.2 Å². The first kappa shape index (κ1) is 11.9. The zero-order valence-corrected chi connectivity index (χ0v) is 10.1. The lowest BCUT2D eigenvalue weighted by molar-refractivity contribution is -0.140. The Morgan fingerprint density at radius 3 is 2.69 bits per heavy atom. The summed E-state index contributed by atoms with van der Waals surface area (Å²) in [4.78, 5) is 14.4. The van der Waals surface area contributed by atoms with Gasteiger partial charge in [0.2, 0.25) is 5.91 Å². The average molecular weight is 226 g/mol. The van der Waals surface area contributed by atoms with Crippen LogP contribution in [0, 0.1) is 5.92 Å². The third-order valence-electron chi connectivity index (χ3n) is 3.67. The topological polar surface area (TPSA) is 41.6 Å². The molecule has 2 heterocycles. The Kier molecular flexibility index (Phi) is 4.18. The number of amides is 1. The molecule has 0 saturated carbocycles. The van der Waals surface area contributed by atoms with E-state index >= 15 is 0 Å². The molecular weight excluding hydrogens is 204 g/mol. The molecule has 2 saturated heterocycles. The molecule has 1 amide bonds. The summed E-state index contributed by atoms with van der Waals surface area (Å²) >= 11 is 0. The monoisotopic (exact) mass is 226 g/mol. The second kappa shape index (κ2) is 5.64. The summed E-state index contributed by atoms with van der Waals surface area (Å²) in [5, 5.41) is 3.33. The fraction of sp³-hybridized carbons (Fsp3) is 0.917. The maximum absolute atomic E-state index is 12.4. The van der Waals surface area contributed by atoms with E-state index in [-0.39, 0.29) is 5.92 Å². The number of hydrogen-bond donors (Lipinski definition) is 1. The molecule has 2 aliphatic rings. The normalized spacial score (nSPS) is 26.9. The van der Waals surface area contributed by atoms with Crippen LogP contribution in [0.15, 0.2) is 0 Å². The number of likely N-dealkylation sites (N-methyl/N-ethyl adjacent to an activating group) is 1. The molecular formula is C12H22N2O2. The van der Waals surface area contributed by atoms with Crippen molar-refractivity contribution in [2.75, 3.05) is 32.8 Å². The molecule has 4 nitrogen and oxygen atoms in total. The standard InChI is InChI=1S/C12H22N2O2/c1-2-14(11-3-6-13-9-11)12(15)10-4-7-16-8-5-10/h10-11,13H,2-9H2,1H3. The highest BCUT2D eigenvalue weighted by molar-refractivity contribution is 5.79. The third kappa shape index (κ3) is 2.55. The van der Waals surface area contributed by atoms with E-state index in [9.17, 15) is 4.79 Å². The molecule has 4 heteroatoms. The first-order valence-electron chi connectivity index (χ1n) is 6.42. The van der Waals surface area contributed by atoms with Gasteiger partial charge in [-0.2, -0.15) is 0 Å². The maximum Gasteiger partial charge on any atom is 0.226 e. The number of rotatable bonds is 3. The molecule has 0 aromatic carbocycles. The van der Waals surface area contributed by atoms with E-state index in [1.54, 1.807) is 0 Å². The van der Waals surface area contributed by atoms with E-state index in [0.717, 1.165) is 52.1 Å². The molecule has 0 aliphatic carbocycles. The molecule has 0 aromatic rings. The summed E-state index contributed by atoms with van der Waals surface area (Å²) in [5.41, 5.74) is 0. The number of carbonyl (C=O) groups is 1. The van der Waals surface area contributed by atoms with Gasteiger partial charge in [0.15, 0.2) is 0 Å². The summed E-state index contributed by atoms with van der Waals surface area (Å²) in [6.45, 7) is 6.41. The second-order valence-electron chi connectivity index (χ2n) is 4.66. The van der Waals surface area contributed by atoms with Gasteiger partial charge in [0.05, 0.1) is 0 Å². The van der Waals surface area contributed by atoms with Crippen molar-refractivity contribution in [3.63, 3.8) is 0 Å². The van der Waals surface area contributed by atoms with Gasteiger partial charge in [-0.25, -0.2) is 0 Å². The summed E-state index contributed by atoms with van der Waals surface area (Å²) in [6.07, 6.45) is 2.90. The summed E-state index contributed by atoms with van der Waals surface area (Å²) in [7, 11) is 0. The fourth-order valence-electron chi connectivity index (χ4n) is 2.68. The van der Waals surface area contributed by atoms with Crippen LogP contribution < -0.4 is 5.32 Å². The third-order valence-corrected chi connectivity index (χ3v) is 3.67. The molecule has 2 aliphatic heterocycles. The first-order valence-corrected chi connectivity index (χ1v) is 6.42. The highest BCUT2D eigenvalue weighted by Crippen LogP contribution is 2.20. The van der Waals surface area contributed by atoms with Gasteiger partial charge in [-0.1, -0.05) is 0 Å². The molecule has 2 fully saturated rings. The van der Waals surface area contributed by atoms with E-state index in [1.165, 1.54) is 0 Å². The van der Waals surface area contributed by atoms with Crippen LogP contribution in [0.4, 0.5) is 0 Å². The largest absolute Gasteiger partial charge is 0.381 e. The van der Waals surface area contributed by atoms with Gasteiger partial charge in [-0.15, -0.1) is 0 Å². The van der Waals surface area contributed by atoms with Crippen molar-refractivity contribution < 1.29 is 9.53 Å². The van der Waals surface area contributed by atoms with Crippen LogP contribution in [-0.4, -0.2) is 49.7 Å². The first-order chi connectivity index (χ1) is 7.83. The molecule has 0 spiro atoms. The lowest BCUT2D eigenvalue weighted by atomic mass is 9.97. The number of nitrogens with zero attached hydrogens (tertiary/aromatic N) is 1. The van der Waals surface area contributed by atoms with Gasteiger partial charge in [0.1, 0.15) is 0 Å². The molecule has 1 atom stereocenters. The molecule has 1 N–H and O–H groups in total. The Labute approximate surface area is 97.3 Å². The predicted octanol–water partition coefficient (Wildman–Crippen LogP) is 0.623. The van der Waals surface area contributed by atoms with Crippen molar-refractivity contribution in [2.45, 2.75) is 32.2 Å². The van der Waals surface area contributed by atoms with Crippen LogP contribution in [0.1, 0.15) is 26.2 Å². The van der Waals surface area contributed by atoms with E-state index < -0.39 is 0 Å². The zero-order valence-electron chi connectivity index (χ0n) is 10.1. The fourth-order valence-corrected chi connectivity index (χ4v) is 2.68. The van der Waals surface area contributed by atoms with Crippen LogP contribution in [-0.2, 0) is 9.53 Å². The molecule has 2 rings (SSSR count). The van der Waals surface area contributed by atoms with Crippen LogP contribution in [0.25, 0.3) is 0 Å². The number of carbonyl (C=O) groups excluding carboxylic acids is 1. The lowest BCUT2D eigenvalue weighted by Crippen LogP contribution is -2.45. The van der Waals surface area contributed by atoms with Gasteiger partial charge in [-0.05, 0) is 32.7 Å². The smallest absolute Gasteiger partial charge is 0.226 e. The van der Waals surface area contributed by atoms with Crippen LogP contribution in [0.2, 0.25) is 0 Å². The van der Waals surface area contributed by atoms with Crippen molar-refractivity contribution in [2.24, 2.45) is 5.92 Å². The number of hydrogen-bond acceptors (Lipinski definition) is 3. The lowest BCUT2D eigenvalue weighted by Gasteiger charge is -2.32. The van der Waals surface area contributed by atoms with Gasteiger partial charge in [-0.3, -0.25) is 4.79 Å². The van der Waals surface area contributed by atoms with Crippen LogP contribution in [0.5, 0.6) is 0 Å². The SMILES string of the molecule is CCN(C(=O)C1CCOCC1)C1CCNC1. The minimum absolute atomic E-state index is 0.203. The van der Waals surface area contributed by atoms with Gasteiger partial charge in [0.25, 0.3) is 0 Å². The maximum atomic E-state index is 12.4. The quantitative estimate of drug-likeness (QED) is 0.767. The Bertz CT molecular complexity index is 233. The highest BCUT2D eigenvalue weighted by Gasteiger charge is 2.31. The summed E-state index contributed by atoms with van der Waals surface area (Å²) in [6, 6.07) is 0.417. The number of nitrogens with one attached hydrogen (secondary N) is 1. The van der Waals surface area contributed by atoms with E-state index in [1.807, 2.05) is 0 Å².